The van der Waals surface area contributed by atoms with E-state index in [-0.39, 0.29) is 11.9 Å². The van der Waals surface area contributed by atoms with Gasteiger partial charge in [-0.15, -0.1) is 0 Å². The molecule has 0 fully saturated rings. The van der Waals surface area contributed by atoms with Gasteiger partial charge in [-0.2, -0.15) is 0 Å². The van der Waals surface area contributed by atoms with E-state index in [9.17, 15) is 4.79 Å². The second-order valence-corrected chi connectivity index (χ2v) is 7.08. The van der Waals surface area contributed by atoms with Crippen LogP contribution in [0.3, 0.4) is 0 Å². The maximum absolute atomic E-state index is 11.9. The number of carbonyl (C=O) groups is 1. The Morgan fingerprint density at radius 1 is 1.33 bits per heavy atom. The van der Waals surface area contributed by atoms with Crippen molar-refractivity contribution in [3.8, 4) is 0 Å². The Labute approximate surface area is 140 Å². The van der Waals surface area contributed by atoms with E-state index in [1.165, 1.54) is 0 Å². The molecule has 0 aromatic heterocycles. The molecule has 0 aliphatic carbocycles. The lowest BCUT2D eigenvalue weighted by molar-refractivity contribution is -0.117. The number of anilines is 1. The number of fused-ring (bicyclic) bond motifs is 1. The molecule has 1 atom stereocenters. The van der Waals surface area contributed by atoms with Crippen molar-refractivity contribution in [3.05, 3.63) is 51.5 Å². The van der Waals surface area contributed by atoms with Crippen LogP contribution in [0.2, 0.25) is 5.02 Å². The van der Waals surface area contributed by atoms with Gasteiger partial charge in [-0.05, 0) is 37.4 Å². The summed E-state index contributed by atoms with van der Waals surface area (Å²) >= 11 is 11.4. The van der Waals surface area contributed by atoms with Crippen LogP contribution in [0, 0.1) is 0 Å². The van der Waals surface area contributed by atoms with Crippen molar-refractivity contribution in [1.82, 2.24) is 5.32 Å². The highest BCUT2D eigenvalue weighted by atomic mass is 79.9. The number of halogens is 2. The average Bonchev–Trinajstić information content (AvgIpc) is 2.74. The summed E-state index contributed by atoms with van der Waals surface area (Å²) in [7, 11) is 1.76. The Bertz CT molecular complexity index is 723. The first kappa shape index (κ1) is 14.9. The molecule has 0 spiro atoms. The zero-order valence-corrected chi connectivity index (χ0v) is 14.3. The first-order chi connectivity index (χ1) is 10.1. The molecule has 0 radical (unpaired) electrons. The van der Waals surface area contributed by atoms with Gasteiger partial charge < -0.3 is 10.6 Å². The molecule has 0 saturated carbocycles. The molecule has 2 N–H and O–H groups in total. The number of nitrogens with one attached hydrogen (secondary N) is 2. The largest absolute Gasteiger partial charge is 0.324 e. The molecule has 3 rings (SSSR count). The van der Waals surface area contributed by atoms with E-state index in [2.05, 4.69) is 26.6 Å². The summed E-state index contributed by atoms with van der Waals surface area (Å²) in [6.45, 7) is 0. The lowest BCUT2D eigenvalue weighted by Crippen LogP contribution is -2.23. The minimum atomic E-state index is -0.331. The fraction of sp³-hybridized carbons (Fsp3) is 0.133. The molecule has 1 unspecified atom stereocenters. The van der Waals surface area contributed by atoms with E-state index in [4.69, 9.17) is 11.6 Å². The van der Waals surface area contributed by atoms with Crippen LogP contribution in [0.1, 0.15) is 11.6 Å². The zero-order chi connectivity index (χ0) is 15.0. The molecule has 3 nitrogen and oxygen atoms in total. The maximum atomic E-state index is 11.9. The van der Waals surface area contributed by atoms with Crippen molar-refractivity contribution in [3.63, 3.8) is 0 Å². The molecule has 6 heteroatoms. The normalized spacial score (nSPS) is 16.7. The quantitative estimate of drug-likeness (QED) is 0.822. The van der Waals surface area contributed by atoms with E-state index in [1.807, 2.05) is 36.4 Å². The highest BCUT2D eigenvalue weighted by Gasteiger charge is 2.30. The molecule has 21 heavy (non-hydrogen) atoms. The van der Waals surface area contributed by atoms with Gasteiger partial charge in [0.25, 0.3) is 0 Å². The molecule has 0 bridgehead atoms. The molecular weight excluding hydrogens is 372 g/mol. The second-order valence-electron chi connectivity index (χ2n) is 4.64. The first-order valence-corrected chi connectivity index (χ1v) is 8.32. The fourth-order valence-electron chi connectivity index (χ4n) is 2.28. The number of hydrogen-bond donors (Lipinski definition) is 2. The van der Waals surface area contributed by atoms with Gasteiger partial charge in [-0.1, -0.05) is 45.4 Å². The van der Waals surface area contributed by atoms with Gasteiger partial charge in [0, 0.05) is 25.5 Å². The standard InChI is InChI=1S/C15H12BrClN2OS/c1-18-14-10-6-11(17)13(7-12(10)19-15(14)20)21-9-4-2-3-8(16)5-9/h2-7,14,18H,1H3,(H,19,20). The summed E-state index contributed by atoms with van der Waals surface area (Å²) in [5.41, 5.74) is 1.72. The van der Waals surface area contributed by atoms with Crippen LogP contribution in [0.4, 0.5) is 5.69 Å². The van der Waals surface area contributed by atoms with Crippen LogP contribution in [-0.4, -0.2) is 13.0 Å². The summed E-state index contributed by atoms with van der Waals surface area (Å²) in [6.07, 6.45) is 0. The summed E-state index contributed by atoms with van der Waals surface area (Å²) in [5.74, 6) is -0.0480. The van der Waals surface area contributed by atoms with Crippen LogP contribution < -0.4 is 10.6 Å². The van der Waals surface area contributed by atoms with Crippen molar-refractivity contribution in [2.24, 2.45) is 0 Å². The Balaban J connectivity index is 1.95. The summed E-state index contributed by atoms with van der Waals surface area (Å²) in [4.78, 5) is 13.9. The first-order valence-electron chi connectivity index (χ1n) is 6.33. The van der Waals surface area contributed by atoms with E-state index in [0.29, 0.717) is 5.02 Å². The summed E-state index contributed by atoms with van der Waals surface area (Å²) in [6, 6.07) is 11.5. The SMILES string of the molecule is CNC1C(=O)Nc2cc(Sc3cccc(Br)c3)c(Cl)cc21. The third kappa shape index (κ3) is 2.97. The van der Waals surface area contributed by atoms with Gasteiger partial charge >= 0.3 is 0 Å². The van der Waals surface area contributed by atoms with Crippen molar-refractivity contribution in [2.75, 3.05) is 12.4 Å². The summed E-state index contributed by atoms with van der Waals surface area (Å²) < 4.78 is 1.02. The number of hydrogen-bond acceptors (Lipinski definition) is 3. The predicted molar refractivity (Wildman–Crippen MR) is 90.1 cm³/mol. The van der Waals surface area contributed by atoms with Gasteiger partial charge in [0.15, 0.2) is 0 Å². The Hall–Kier alpha value is -1.01. The molecular formula is C15H12BrClN2OS. The fourth-order valence-corrected chi connectivity index (χ4v) is 4.04. The second kappa shape index (κ2) is 6.01. The van der Waals surface area contributed by atoms with Crippen molar-refractivity contribution >= 4 is 50.9 Å². The maximum Gasteiger partial charge on any atom is 0.246 e. The molecule has 0 saturated heterocycles. The molecule has 1 aliphatic rings. The van der Waals surface area contributed by atoms with Gasteiger partial charge in [-0.25, -0.2) is 0 Å². The Morgan fingerprint density at radius 2 is 2.14 bits per heavy atom. The number of carbonyl (C=O) groups excluding carboxylic acids is 1. The van der Waals surface area contributed by atoms with E-state index in [1.54, 1.807) is 18.8 Å². The lowest BCUT2D eigenvalue weighted by atomic mass is 10.1. The molecule has 2 aromatic carbocycles. The van der Waals surface area contributed by atoms with Gasteiger partial charge in [0.1, 0.15) is 6.04 Å². The van der Waals surface area contributed by atoms with E-state index >= 15 is 0 Å². The van der Waals surface area contributed by atoms with Crippen LogP contribution in [0.5, 0.6) is 0 Å². The lowest BCUT2D eigenvalue weighted by Gasteiger charge is -2.10. The zero-order valence-electron chi connectivity index (χ0n) is 11.1. The van der Waals surface area contributed by atoms with Crippen molar-refractivity contribution < 1.29 is 4.79 Å². The smallest absolute Gasteiger partial charge is 0.246 e. The monoisotopic (exact) mass is 382 g/mol. The molecule has 1 heterocycles. The van der Waals surface area contributed by atoms with Crippen molar-refractivity contribution in [1.29, 1.82) is 0 Å². The minimum Gasteiger partial charge on any atom is -0.324 e. The highest BCUT2D eigenvalue weighted by molar-refractivity contribution is 9.10. The Kier molecular flexibility index (Phi) is 4.26. The third-order valence-electron chi connectivity index (χ3n) is 3.25. The molecule has 108 valence electrons. The van der Waals surface area contributed by atoms with E-state index < -0.39 is 0 Å². The number of benzene rings is 2. The number of likely N-dealkylation sites (N-methyl/N-ethyl adjacent to an activating group) is 1. The average molecular weight is 384 g/mol. The van der Waals surface area contributed by atoms with E-state index in [0.717, 1.165) is 25.5 Å². The summed E-state index contributed by atoms with van der Waals surface area (Å²) in [5, 5.41) is 6.52. The van der Waals surface area contributed by atoms with Crippen LogP contribution in [0.15, 0.2) is 50.7 Å². The van der Waals surface area contributed by atoms with Gasteiger partial charge in [0.2, 0.25) is 5.91 Å². The number of amides is 1. The van der Waals surface area contributed by atoms with Gasteiger partial charge in [0.05, 0.1) is 5.02 Å². The predicted octanol–water partition coefficient (Wildman–Crippen LogP) is 4.47. The van der Waals surface area contributed by atoms with Gasteiger partial charge in [-0.3, -0.25) is 4.79 Å². The molecule has 1 aliphatic heterocycles. The molecule has 2 aromatic rings. The van der Waals surface area contributed by atoms with Crippen molar-refractivity contribution in [2.45, 2.75) is 15.8 Å². The molecule has 1 amide bonds. The van der Waals surface area contributed by atoms with Crippen LogP contribution in [-0.2, 0) is 4.79 Å². The third-order valence-corrected chi connectivity index (χ3v) is 5.21. The topological polar surface area (TPSA) is 41.1 Å². The minimum absolute atomic E-state index is 0.0480. The number of rotatable bonds is 3. The van der Waals surface area contributed by atoms with Crippen LogP contribution >= 0.6 is 39.3 Å². The van der Waals surface area contributed by atoms with Crippen LogP contribution in [0.25, 0.3) is 0 Å². The Morgan fingerprint density at radius 3 is 2.86 bits per heavy atom. The highest BCUT2D eigenvalue weighted by Crippen LogP contribution is 2.41.